The fourth-order valence-corrected chi connectivity index (χ4v) is 1.54. The summed E-state index contributed by atoms with van der Waals surface area (Å²) in [6.07, 6.45) is -4.30. The maximum absolute atomic E-state index is 12.4. The van der Waals surface area contributed by atoms with Gasteiger partial charge in [0.15, 0.2) is 0 Å². The third-order valence-electron chi connectivity index (χ3n) is 2.66. The largest absolute Gasteiger partial charge is 0.461 e. The molecule has 0 bridgehead atoms. The van der Waals surface area contributed by atoms with Crippen molar-refractivity contribution in [3.8, 4) is 11.3 Å². The zero-order valence-corrected chi connectivity index (χ0v) is 9.43. The van der Waals surface area contributed by atoms with Crippen molar-refractivity contribution in [3.63, 3.8) is 0 Å². The fraction of sp³-hybridized carbons (Fsp3) is 0.231. The maximum atomic E-state index is 12.4. The Kier molecular flexibility index (Phi) is 2.73. The van der Waals surface area contributed by atoms with Gasteiger partial charge in [-0.1, -0.05) is 12.1 Å². The number of rotatable bonds is 1. The first-order chi connectivity index (χ1) is 7.88. The molecule has 0 amide bonds. The van der Waals surface area contributed by atoms with Gasteiger partial charge in [-0.3, -0.25) is 0 Å². The Morgan fingerprint density at radius 3 is 2.00 bits per heavy atom. The molecule has 4 heteroatoms. The van der Waals surface area contributed by atoms with Gasteiger partial charge in [-0.25, -0.2) is 0 Å². The van der Waals surface area contributed by atoms with Gasteiger partial charge in [-0.15, -0.1) is 0 Å². The van der Waals surface area contributed by atoms with Gasteiger partial charge < -0.3 is 4.42 Å². The third kappa shape index (κ3) is 2.35. The molecule has 1 heterocycles. The molecule has 0 unspecified atom stereocenters. The van der Waals surface area contributed by atoms with Crippen LogP contribution in [0, 0.1) is 13.8 Å². The molecular weight excluding hydrogens is 229 g/mol. The molecule has 1 aromatic heterocycles. The highest BCUT2D eigenvalue weighted by atomic mass is 19.4. The van der Waals surface area contributed by atoms with E-state index in [1.54, 1.807) is 0 Å². The second kappa shape index (κ2) is 3.95. The molecule has 0 atom stereocenters. The lowest BCUT2D eigenvalue weighted by molar-refractivity contribution is -0.137. The molecule has 1 aromatic carbocycles. The van der Waals surface area contributed by atoms with Gasteiger partial charge in [-0.2, -0.15) is 13.2 Å². The molecule has 0 aliphatic carbocycles. The predicted octanol–water partition coefficient (Wildman–Crippen LogP) is 4.58. The van der Waals surface area contributed by atoms with Crippen molar-refractivity contribution >= 4 is 0 Å². The van der Waals surface area contributed by atoms with Crippen molar-refractivity contribution in [2.24, 2.45) is 0 Å². The van der Waals surface area contributed by atoms with E-state index in [0.29, 0.717) is 11.3 Å². The van der Waals surface area contributed by atoms with Crippen LogP contribution in [0.15, 0.2) is 34.7 Å². The van der Waals surface area contributed by atoms with Gasteiger partial charge in [0, 0.05) is 5.56 Å². The summed E-state index contributed by atoms with van der Waals surface area (Å²) >= 11 is 0. The average Bonchev–Trinajstić information content (AvgIpc) is 2.58. The van der Waals surface area contributed by atoms with E-state index in [9.17, 15) is 13.2 Å². The minimum Gasteiger partial charge on any atom is -0.461 e. The molecule has 0 radical (unpaired) electrons. The van der Waals surface area contributed by atoms with Gasteiger partial charge in [0.25, 0.3) is 0 Å². The van der Waals surface area contributed by atoms with Crippen LogP contribution < -0.4 is 0 Å². The summed E-state index contributed by atoms with van der Waals surface area (Å²) in [5, 5.41) is 0. The Labute approximate surface area is 96.9 Å². The Bertz CT molecular complexity index is 501. The van der Waals surface area contributed by atoms with Crippen molar-refractivity contribution in [2.75, 3.05) is 0 Å². The monoisotopic (exact) mass is 240 g/mol. The Hall–Kier alpha value is -1.71. The lowest BCUT2D eigenvalue weighted by Gasteiger charge is -2.06. The van der Waals surface area contributed by atoms with E-state index in [4.69, 9.17) is 4.42 Å². The molecule has 0 aliphatic rings. The fourth-order valence-electron chi connectivity index (χ4n) is 1.54. The second-order valence-electron chi connectivity index (χ2n) is 3.92. The summed E-state index contributed by atoms with van der Waals surface area (Å²) in [4.78, 5) is 0. The number of benzene rings is 1. The molecule has 0 N–H and O–H groups in total. The highest BCUT2D eigenvalue weighted by Gasteiger charge is 2.30. The Morgan fingerprint density at radius 1 is 1.00 bits per heavy atom. The van der Waals surface area contributed by atoms with Gasteiger partial charge in [0.1, 0.15) is 11.5 Å². The average molecular weight is 240 g/mol. The first-order valence-corrected chi connectivity index (χ1v) is 5.12. The summed E-state index contributed by atoms with van der Waals surface area (Å²) in [5.74, 6) is 1.37. The van der Waals surface area contributed by atoms with Gasteiger partial charge in [0.05, 0.1) is 5.56 Å². The molecule has 0 saturated carbocycles. The first kappa shape index (κ1) is 11.8. The summed E-state index contributed by atoms with van der Waals surface area (Å²) in [6.45, 7) is 3.72. The molecule has 0 aliphatic heterocycles. The quantitative estimate of drug-likeness (QED) is 0.711. The predicted molar refractivity (Wildman–Crippen MR) is 58.6 cm³/mol. The minimum absolute atomic E-state index is 0.591. The van der Waals surface area contributed by atoms with Crippen LogP contribution in [-0.2, 0) is 6.18 Å². The van der Waals surface area contributed by atoms with Crippen LogP contribution in [0.4, 0.5) is 13.2 Å². The van der Waals surface area contributed by atoms with Crippen molar-refractivity contribution in [1.29, 1.82) is 0 Å². The minimum atomic E-state index is -4.30. The molecule has 2 aromatic rings. The molecule has 0 fully saturated rings. The van der Waals surface area contributed by atoms with Crippen LogP contribution in [-0.4, -0.2) is 0 Å². The normalized spacial score (nSPS) is 11.8. The highest BCUT2D eigenvalue weighted by molar-refractivity contribution is 5.59. The van der Waals surface area contributed by atoms with Gasteiger partial charge in [-0.05, 0) is 37.6 Å². The molecule has 1 nitrogen and oxygen atoms in total. The molecule has 90 valence electrons. The van der Waals surface area contributed by atoms with E-state index in [-0.39, 0.29) is 0 Å². The van der Waals surface area contributed by atoms with E-state index < -0.39 is 11.7 Å². The number of halogens is 3. The topological polar surface area (TPSA) is 13.1 Å². The number of furan rings is 1. The number of alkyl halides is 3. The van der Waals surface area contributed by atoms with Gasteiger partial charge >= 0.3 is 6.18 Å². The van der Waals surface area contributed by atoms with E-state index in [2.05, 4.69) is 0 Å². The van der Waals surface area contributed by atoms with E-state index >= 15 is 0 Å². The van der Waals surface area contributed by atoms with Crippen LogP contribution in [0.1, 0.15) is 16.9 Å². The standard InChI is InChI=1S/C13H11F3O/c1-8-7-12(17-9(8)2)10-3-5-11(6-4-10)13(14,15)16/h3-7H,1-2H3. The lowest BCUT2D eigenvalue weighted by Crippen LogP contribution is -2.03. The van der Waals surface area contributed by atoms with E-state index in [0.717, 1.165) is 23.5 Å². The first-order valence-electron chi connectivity index (χ1n) is 5.12. The summed E-state index contributed by atoms with van der Waals surface area (Å²) in [7, 11) is 0. The van der Waals surface area contributed by atoms with Crippen LogP contribution in [0.3, 0.4) is 0 Å². The van der Waals surface area contributed by atoms with E-state index in [1.807, 2.05) is 19.9 Å². The summed E-state index contributed by atoms with van der Waals surface area (Å²) < 4.78 is 42.5. The van der Waals surface area contributed by atoms with Crippen molar-refractivity contribution < 1.29 is 17.6 Å². The number of hydrogen-bond acceptors (Lipinski definition) is 1. The van der Waals surface area contributed by atoms with E-state index in [1.165, 1.54) is 12.1 Å². The van der Waals surface area contributed by atoms with Crippen LogP contribution in [0.25, 0.3) is 11.3 Å². The Balaban J connectivity index is 2.36. The third-order valence-corrected chi connectivity index (χ3v) is 2.66. The second-order valence-corrected chi connectivity index (χ2v) is 3.92. The molecular formula is C13H11F3O. The Morgan fingerprint density at radius 2 is 1.59 bits per heavy atom. The zero-order valence-electron chi connectivity index (χ0n) is 9.43. The summed E-state index contributed by atoms with van der Waals surface area (Å²) in [5.41, 5.74) is 0.982. The van der Waals surface area contributed by atoms with Crippen molar-refractivity contribution in [1.82, 2.24) is 0 Å². The lowest BCUT2D eigenvalue weighted by atomic mass is 10.1. The van der Waals surface area contributed by atoms with Crippen molar-refractivity contribution in [3.05, 3.63) is 47.2 Å². The number of aryl methyl sites for hydroxylation is 2. The van der Waals surface area contributed by atoms with Crippen LogP contribution in [0.2, 0.25) is 0 Å². The molecule has 17 heavy (non-hydrogen) atoms. The van der Waals surface area contributed by atoms with Crippen LogP contribution >= 0.6 is 0 Å². The smallest absolute Gasteiger partial charge is 0.416 e. The zero-order chi connectivity index (χ0) is 12.6. The highest BCUT2D eigenvalue weighted by Crippen LogP contribution is 2.31. The molecule has 0 spiro atoms. The summed E-state index contributed by atoms with van der Waals surface area (Å²) in [6, 6.07) is 6.77. The van der Waals surface area contributed by atoms with Crippen LogP contribution in [0.5, 0.6) is 0 Å². The number of hydrogen-bond donors (Lipinski definition) is 0. The maximum Gasteiger partial charge on any atom is 0.416 e. The SMILES string of the molecule is Cc1cc(-c2ccc(C(F)(F)F)cc2)oc1C. The van der Waals surface area contributed by atoms with Crippen molar-refractivity contribution in [2.45, 2.75) is 20.0 Å². The molecule has 2 rings (SSSR count). The molecule has 0 saturated heterocycles. The van der Waals surface area contributed by atoms with Gasteiger partial charge in [0.2, 0.25) is 0 Å².